The van der Waals surface area contributed by atoms with Crippen molar-refractivity contribution >= 4 is 28.4 Å². The number of nitrogens with one attached hydrogen (secondary N) is 1. The Balaban J connectivity index is 1.75. The number of likely N-dealkylation sites (N-methyl/N-ethyl adjacent to an activating group) is 1. The van der Waals surface area contributed by atoms with Crippen LogP contribution in [0, 0.1) is 11.8 Å². The molecule has 5 rings (SSSR count). The van der Waals surface area contributed by atoms with E-state index >= 15 is 0 Å². The number of fused-ring (bicyclic) bond motifs is 4. The van der Waals surface area contributed by atoms with Crippen molar-refractivity contribution in [3.05, 3.63) is 52.1 Å². The molecule has 10 heteroatoms. The van der Waals surface area contributed by atoms with E-state index in [9.17, 15) is 34.8 Å². The maximum absolute atomic E-state index is 13.5. The SMILES string of the molecule is CN(C)[C@@H]1C(O)=C(C(N)=O)C(=O)[C@@]2(O)C(O)=C3C(=O)c4c(cc5cc[nH]c5c4O)C[C@H]3C[C@@H]12. The molecule has 3 aliphatic carbocycles. The lowest BCUT2D eigenvalue weighted by Crippen LogP contribution is -2.63. The lowest BCUT2D eigenvalue weighted by Gasteiger charge is -2.50. The molecule has 2 aromatic rings. The number of carbonyl (C=O) groups is 3. The van der Waals surface area contributed by atoms with E-state index in [-0.39, 0.29) is 29.7 Å². The zero-order valence-corrected chi connectivity index (χ0v) is 17.9. The quantitative estimate of drug-likeness (QED) is 0.358. The second-order valence-corrected chi connectivity index (χ2v) is 9.16. The van der Waals surface area contributed by atoms with Gasteiger partial charge in [-0.25, -0.2) is 0 Å². The Labute approximate surface area is 187 Å². The van der Waals surface area contributed by atoms with Gasteiger partial charge < -0.3 is 31.1 Å². The zero-order valence-electron chi connectivity index (χ0n) is 17.9. The topological polar surface area (TPSA) is 177 Å². The van der Waals surface area contributed by atoms with E-state index in [2.05, 4.69) is 4.98 Å². The van der Waals surface area contributed by atoms with E-state index in [1.54, 1.807) is 32.4 Å². The summed E-state index contributed by atoms with van der Waals surface area (Å²) < 4.78 is 0. The number of allylic oxidation sites excluding steroid dienone is 1. The van der Waals surface area contributed by atoms with Crippen molar-refractivity contribution in [2.45, 2.75) is 24.5 Å². The average Bonchev–Trinajstić information content (AvgIpc) is 3.19. The van der Waals surface area contributed by atoms with Gasteiger partial charge in [0.25, 0.3) is 5.91 Å². The summed E-state index contributed by atoms with van der Waals surface area (Å²) in [5, 5.41) is 44.9. The highest BCUT2D eigenvalue weighted by Gasteiger charge is 2.63. The number of rotatable bonds is 2. The van der Waals surface area contributed by atoms with Crippen molar-refractivity contribution in [3.63, 3.8) is 0 Å². The molecule has 0 saturated carbocycles. The number of ketones is 2. The molecular formula is C23H23N3O7. The van der Waals surface area contributed by atoms with Gasteiger partial charge in [-0.3, -0.25) is 19.3 Å². The summed E-state index contributed by atoms with van der Waals surface area (Å²) in [6.45, 7) is 0. The fraction of sp³-hybridized carbons (Fsp3) is 0.348. The number of carbonyl (C=O) groups excluding carboxylic acids is 3. The van der Waals surface area contributed by atoms with Crippen LogP contribution >= 0.6 is 0 Å². The molecule has 172 valence electrons. The predicted octanol–water partition coefficient (Wildman–Crippen LogP) is 0.602. The number of primary amides is 1. The number of aliphatic hydroxyl groups is 3. The smallest absolute Gasteiger partial charge is 0.255 e. The number of Topliss-reactive ketones (excluding diaryl/α,β-unsaturated/α-hetero) is 2. The highest BCUT2D eigenvalue weighted by molar-refractivity contribution is 6.25. The summed E-state index contributed by atoms with van der Waals surface area (Å²) in [4.78, 5) is 43.0. The molecule has 3 aliphatic rings. The first-order chi connectivity index (χ1) is 15.5. The molecule has 1 amide bonds. The van der Waals surface area contributed by atoms with E-state index in [4.69, 9.17) is 5.73 Å². The highest BCUT2D eigenvalue weighted by atomic mass is 16.3. The first-order valence-corrected chi connectivity index (χ1v) is 10.5. The Kier molecular flexibility index (Phi) is 4.30. The number of hydrogen-bond donors (Lipinski definition) is 6. The van der Waals surface area contributed by atoms with Crippen LogP contribution in [0.25, 0.3) is 10.9 Å². The number of nitrogens with two attached hydrogens (primary N) is 1. The third-order valence-electron chi connectivity index (χ3n) is 7.23. The van der Waals surface area contributed by atoms with Crippen LogP contribution in [-0.4, -0.2) is 73.5 Å². The minimum Gasteiger partial charge on any atom is -0.510 e. The molecule has 0 fully saturated rings. The maximum Gasteiger partial charge on any atom is 0.255 e. The Morgan fingerprint density at radius 3 is 2.58 bits per heavy atom. The fourth-order valence-corrected chi connectivity index (χ4v) is 5.83. The van der Waals surface area contributed by atoms with E-state index in [1.807, 2.05) is 0 Å². The second kappa shape index (κ2) is 6.69. The van der Waals surface area contributed by atoms with Gasteiger partial charge in [-0.05, 0) is 50.6 Å². The van der Waals surface area contributed by atoms with E-state index in [0.717, 1.165) is 0 Å². The Hall–Kier alpha value is -3.63. The molecule has 0 radical (unpaired) electrons. The number of phenols is 1. The minimum absolute atomic E-state index is 0.00858. The molecule has 0 aliphatic heterocycles. The molecule has 1 aromatic carbocycles. The van der Waals surface area contributed by atoms with Crippen LogP contribution < -0.4 is 5.73 Å². The molecular weight excluding hydrogens is 430 g/mol. The zero-order chi connectivity index (χ0) is 24.0. The summed E-state index contributed by atoms with van der Waals surface area (Å²) in [7, 11) is 3.18. The van der Waals surface area contributed by atoms with Crippen molar-refractivity contribution in [3.8, 4) is 5.75 Å². The number of aliphatic hydroxyl groups excluding tert-OH is 2. The van der Waals surface area contributed by atoms with Gasteiger partial charge in [0.05, 0.1) is 17.1 Å². The van der Waals surface area contributed by atoms with Gasteiger partial charge in [0.1, 0.15) is 17.1 Å². The van der Waals surface area contributed by atoms with Gasteiger partial charge >= 0.3 is 0 Å². The largest absolute Gasteiger partial charge is 0.510 e. The van der Waals surface area contributed by atoms with E-state index in [1.165, 1.54) is 4.90 Å². The normalized spacial score (nSPS) is 29.4. The highest BCUT2D eigenvalue weighted by Crippen LogP contribution is 2.52. The van der Waals surface area contributed by atoms with Gasteiger partial charge in [0, 0.05) is 23.1 Å². The first kappa shape index (κ1) is 21.2. The van der Waals surface area contributed by atoms with Crippen molar-refractivity contribution in [2.75, 3.05) is 14.1 Å². The summed E-state index contributed by atoms with van der Waals surface area (Å²) in [6, 6.07) is 2.54. The molecule has 1 heterocycles. The molecule has 33 heavy (non-hydrogen) atoms. The lowest BCUT2D eigenvalue weighted by molar-refractivity contribution is -0.148. The van der Waals surface area contributed by atoms with Crippen LogP contribution in [0.15, 0.2) is 41.0 Å². The molecule has 4 atom stereocenters. The number of aromatic nitrogens is 1. The first-order valence-electron chi connectivity index (χ1n) is 10.5. The van der Waals surface area contributed by atoms with Crippen LogP contribution in [0.3, 0.4) is 0 Å². The van der Waals surface area contributed by atoms with Crippen LogP contribution in [0.2, 0.25) is 0 Å². The predicted molar refractivity (Wildman–Crippen MR) is 116 cm³/mol. The van der Waals surface area contributed by atoms with Crippen LogP contribution in [0.1, 0.15) is 22.3 Å². The molecule has 0 spiro atoms. The summed E-state index contributed by atoms with van der Waals surface area (Å²) in [5.41, 5.74) is 2.63. The number of nitrogens with zero attached hydrogens (tertiary/aromatic N) is 1. The number of amides is 1. The van der Waals surface area contributed by atoms with Gasteiger partial charge in [-0.2, -0.15) is 0 Å². The molecule has 7 N–H and O–H groups in total. The van der Waals surface area contributed by atoms with Crippen LogP contribution in [0.5, 0.6) is 5.75 Å². The molecule has 1 aromatic heterocycles. The summed E-state index contributed by atoms with van der Waals surface area (Å²) >= 11 is 0. The van der Waals surface area contributed by atoms with Crippen molar-refractivity contribution in [1.29, 1.82) is 0 Å². The number of benzene rings is 1. The fourth-order valence-electron chi connectivity index (χ4n) is 5.83. The molecule has 10 nitrogen and oxygen atoms in total. The number of aromatic hydroxyl groups is 1. The van der Waals surface area contributed by atoms with Crippen LogP contribution in [0.4, 0.5) is 0 Å². The van der Waals surface area contributed by atoms with Crippen LogP contribution in [-0.2, 0) is 16.0 Å². The van der Waals surface area contributed by atoms with Gasteiger partial charge in [0.15, 0.2) is 17.1 Å². The lowest BCUT2D eigenvalue weighted by atomic mass is 9.58. The summed E-state index contributed by atoms with van der Waals surface area (Å²) in [6.07, 6.45) is 1.96. The third kappa shape index (κ3) is 2.53. The summed E-state index contributed by atoms with van der Waals surface area (Å²) in [5.74, 6) is -6.54. The van der Waals surface area contributed by atoms with Gasteiger partial charge in [-0.15, -0.1) is 0 Å². The van der Waals surface area contributed by atoms with E-state index < -0.39 is 58.0 Å². The second-order valence-electron chi connectivity index (χ2n) is 9.16. The standard InChI is InChI=1S/C23H23N3O7/c1-26(2)16-11-7-10-6-9-5-8-3-4-25-15(8)18(28)12(9)17(27)13(10)20(30)23(11,33)21(31)14(19(16)29)22(24)32/h3-5,10-11,16,25,28-30,33H,6-7H2,1-2H3,(H2,24,32)/t10-,11-,16-,23-/m0/s1. The van der Waals surface area contributed by atoms with Crippen molar-refractivity contribution in [2.24, 2.45) is 17.6 Å². The Morgan fingerprint density at radius 2 is 1.94 bits per heavy atom. The average molecular weight is 453 g/mol. The number of H-pyrrole nitrogens is 1. The number of aromatic amines is 1. The Bertz CT molecular complexity index is 1340. The Morgan fingerprint density at radius 1 is 1.24 bits per heavy atom. The number of phenolic OH excluding ortho intramolecular Hbond substituents is 1. The van der Waals surface area contributed by atoms with Crippen molar-refractivity contribution < 1.29 is 34.8 Å². The molecule has 0 unspecified atom stereocenters. The van der Waals surface area contributed by atoms with Gasteiger partial charge in [-0.1, -0.05) is 0 Å². The molecule has 0 bridgehead atoms. The van der Waals surface area contributed by atoms with E-state index in [0.29, 0.717) is 16.5 Å². The number of hydrogen-bond acceptors (Lipinski definition) is 8. The van der Waals surface area contributed by atoms with Gasteiger partial charge in [0.2, 0.25) is 5.78 Å². The minimum atomic E-state index is -2.63. The third-order valence-corrected chi connectivity index (χ3v) is 7.23. The maximum atomic E-state index is 13.5. The van der Waals surface area contributed by atoms with Crippen molar-refractivity contribution in [1.82, 2.24) is 9.88 Å². The monoisotopic (exact) mass is 453 g/mol. The molecule has 0 saturated heterocycles.